The minimum absolute atomic E-state index is 0.0266. The van der Waals surface area contributed by atoms with Gasteiger partial charge >= 0.3 is 0 Å². The van der Waals surface area contributed by atoms with Crippen molar-refractivity contribution in [3.05, 3.63) is 58.1 Å². The van der Waals surface area contributed by atoms with E-state index in [-0.39, 0.29) is 12.3 Å². The van der Waals surface area contributed by atoms with Crippen LogP contribution < -0.4 is 4.90 Å². The van der Waals surface area contributed by atoms with E-state index >= 15 is 0 Å². The second-order valence-electron chi connectivity index (χ2n) is 7.19. The number of rotatable bonds is 8. The second-order valence-corrected chi connectivity index (χ2v) is 8.61. The summed E-state index contributed by atoms with van der Waals surface area (Å²) in [6.45, 7) is 11.8. The number of likely N-dealkylation sites (N-methyl/N-ethyl adjacent to an activating group) is 1. The van der Waals surface area contributed by atoms with Crippen LogP contribution in [0.15, 0.2) is 36.4 Å². The fourth-order valence-electron chi connectivity index (χ4n) is 3.34. The molecule has 0 aliphatic rings. The highest BCUT2D eigenvalue weighted by Crippen LogP contribution is 2.32. The normalized spacial score (nSPS) is 11.4. The van der Waals surface area contributed by atoms with Gasteiger partial charge in [0.1, 0.15) is 0 Å². The number of thiazole rings is 1. The zero-order valence-corrected chi connectivity index (χ0v) is 19.1. The number of hydrogen-bond acceptors (Lipinski definition) is 4. The number of fused-ring (bicyclic) bond motifs is 1. The van der Waals surface area contributed by atoms with Crippen molar-refractivity contribution in [2.75, 3.05) is 31.1 Å². The Hall–Kier alpha value is -1.95. The van der Waals surface area contributed by atoms with Gasteiger partial charge in [-0.1, -0.05) is 61.1 Å². The topological polar surface area (TPSA) is 36.4 Å². The molecule has 1 amide bonds. The van der Waals surface area contributed by atoms with Crippen molar-refractivity contribution in [3.63, 3.8) is 0 Å². The molecule has 3 aromatic rings. The summed E-state index contributed by atoms with van der Waals surface area (Å²) in [4.78, 5) is 22.3. The van der Waals surface area contributed by atoms with E-state index in [0.29, 0.717) is 11.6 Å². The number of aryl methyl sites for hydroxylation is 2. The van der Waals surface area contributed by atoms with Gasteiger partial charge in [0.05, 0.1) is 16.6 Å². The van der Waals surface area contributed by atoms with Crippen LogP contribution in [-0.2, 0) is 11.2 Å². The van der Waals surface area contributed by atoms with Gasteiger partial charge in [-0.05, 0) is 55.8 Å². The molecule has 0 spiro atoms. The van der Waals surface area contributed by atoms with Crippen molar-refractivity contribution >= 4 is 44.2 Å². The lowest BCUT2D eigenvalue weighted by Crippen LogP contribution is -2.39. The third kappa shape index (κ3) is 4.97. The molecule has 0 atom stereocenters. The maximum Gasteiger partial charge on any atom is 0.233 e. The Morgan fingerprint density at radius 2 is 1.79 bits per heavy atom. The summed E-state index contributed by atoms with van der Waals surface area (Å²) < 4.78 is 1.11. The zero-order valence-electron chi connectivity index (χ0n) is 17.5. The highest BCUT2D eigenvalue weighted by atomic mass is 35.5. The number of anilines is 1. The van der Waals surface area contributed by atoms with Crippen molar-refractivity contribution in [2.45, 2.75) is 34.1 Å². The molecule has 6 heteroatoms. The van der Waals surface area contributed by atoms with Gasteiger partial charge in [-0.3, -0.25) is 9.69 Å². The monoisotopic (exact) mass is 429 g/mol. The van der Waals surface area contributed by atoms with Crippen molar-refractivity contribution in [3.8, 4) is 0 Å². The summed E-state index contributed by atoms with van der Waals surface area (Å²) in [7, 11) is 0. The molecule has 0 saturated heterocycles. The Labute approximate surface area is 182 Å². The van der Waals surface area contributed by atoms with E-state index in [1.54, 1.807) is 11.3 Å². The van der Waals surface area contributed by atoms with Gasteiger partial charge in [0.2, 0.25) is 5.91 Å². The molecule has 0 radical (unpaired) electrons. The number of aromatic nitrogens is 1. The summed E-state index contributed by atoms with van der Waals surface area (Å²) in [5, 5.41) is 1.39. The smallest absolute Gasteiger partial charge is 0.233 e. The number of halogens is 1. The minimum Gasteiger partial charge on any atom is -0.302 e. The Bertz CT molecular complexity index is 997. The first kappa shape index (κ1) is 21.8. The quantitative estimate of drug-likeness (QED) is 0.475. The Morgan fingerprint density at radius 1 is 1.07 bits per heavy atom. The van der Waals surface area contributed by atoms with E-state index in [1.165, 1.54) is 11.1 Å². The average molecular weight is 430 g/mol. The van der Waals surface area contributed by atoms with Crippen LogP contribution in [0.3, 0.4) is 0 Å². The van der Waals surface area contributed by atoms with Crippen LogP contribution in [-0.4, -0.2) is 42.0 Å². The van der Waals surface area contributed by atoms with E-state index < -0.39 is 0 Å². The molecule has 1 aromatic heterocycles. The third-order valence-corrected chi connectivity index (χ3v) is 6.85. The molecular formula is C23H28ClN3OS. The standard InChI is InChI=1S/C23H28ClN3OS/c1-5-26(6-2)13-14-27(21(28)15-18-9-7-8-10-19(18)24)23-25-22-17(4)16(3)11-12-20(22)29-23/h7-12H,5-6,13-15H2,1-4H3. The van der Waals surface area contributed by atoms with Crippen LogP contribution in [0.5, 0.6) is 0 Å². The first-order valence-electron chi connectivity index (χ1n) is 10.1. The molecule has 3 rings (SSSR count). The molecule has 4 nitrogen and oxygen atoms in total. The van der Waals surface area contributed by atoms with E-state index in [2.05, 4.69) is 44.7 Å². The largest absolute Gasteiger partial charge is 0.302 e. The SMILES string of the molecule is CCN(CC)CCN(C(=O)Cc1ccccc1Cl)c1nc2c(C)c(C)ccc2s1. The van der Waals surface area contributed by atoms with Crippen molar-refractivity contribution < 1.29 is 4.79 Å². The molecule has 0 aliphatic heterocycles. The molecule has 0 fully saturated rings. The summed E-state index contributed by atoms with van der Waals surface area (Å²) in [6, 6.07) is 11.7. The highest BCUT2D eigenvalue weighted by Gasteiger charge is 2.22. The Kier molecular flexibility index (Phi) is 7.28. The summed E-state index contributed by atoms with van der Waals surface area (Å²) >= 11 is 7.88. The van der Waals surface area contributed by atoms with E-state index in [1.807, 2.05) is 29.2 Å². The Morgan fingerprint density at radius 3 is 2.48 bits per heavy atom. The van der Waals surface area contributed by atoms with Crippen LogP contribution in [0.4, 0.5) is 5.13 Å². The van der Waals surface area contributed by atoms with Crippen LogP contribution in [0, 0.1) is 13.8 Å². The fraction of sp³-hybridized carbons (Fsp3) is 0.391. The van der Waals surface area contributed by atoms with Gasteiger partial charge in [-0.2, -0.15) is 0 Å². The van der Waals surface area contributed by atoms with Gasteiger partial charge in [-0.25, -0.2) is 4.98 Å². The number of carbonyl (C=O) groups is 1. The van der Waals surface area contributed by atoms with Crippen LogP contribution in [0.1, 0.15) is 30.5 Å². The molecule has 154 valence electrons. The first-order valence-corrected chi connectivity index (χ1v) is 11.3. The minimum atomic E-state index is 0.0266. The number of hydrogen-bond donors (Lipinski definition) is 0. The van der Waals surface area contributed by atoms with E-state index in [4.69, 9.17) is 16.6 Å². The molecule has 2 aromatic carbocycles. The zero-order chi connectivity index (χ0) is 21.0. The second kappa shape index (κ2) is 9.70. The van der Waals surface area contributed by atoms with Crippen molar-refractivity contribution in [1.82, 2.24) is 9.88 Å². The molecule has 0 bridgehead atoms. The molecule has 0 unspecified atom stereocenters. The molecule has 0 saturated carbocycles. The maximum atomic E-state index is 13.3. The molecule has 0 N–H and O–H groups in total. The van der Waals surface area contributed by atoms with Gasteiger partial charge < -0.3 is 4.90 Å². The lowest BCUT2D eigenvalue weighted by Gasteiger charge is -2.25. The van der Waals surface area contributed by atoms with Gasteiger partial charge in [0.15, 0.2) is 5.13 Å². The number of nitrogens with zero attached hydrogens (tertiary/aromatic N) is 3. The number of carbonyl (C=O) groups excluding carboxylic acids is 1. The van der Waals surface area contributed by atoms with Crippen LogP contribution in [0.2, 0.25) is 5.02 Å². The van der Waals surface area contributed by atoms with E-state index in [9.17, 15) is 4.79 Å². The van der Waals surface area contributed by atoms with Crippen LogP contribution in [0.25, 0.3) is 10.2 Å². The van der Waals surface area contributed by atoms with Gasteiger partial charge in [0.25, 0.3) is 0 Å². The predicted molar refractivity (Wildman–Crippen MR) is 124 cm³/mol. The highest BCUT2D eigenvalue weighted by molar-refractivity contribution is 7.22. The van der Waals surface area contributed by atoms with Crippen LogP contribution >= 0.6 is 22.9 Å². The van der Waals surface area contributed by atoms with Crippen molar-refractivity contribution in [1.29, 1.82) is 0 Å². The molecular weight excluding hydrogens is 402 g/mol. The van der Waals surface area contributed by atoms with Gasteiger partial charge in [0, 0.05) is 18.1 Å². The maximum absolute atomic E-state index is 13.3. The lowest BCUT2D eigenvalue weighted by molar-refractivity contribution is -0.118. The summed E-state index contributed by atoms with van der Waals surface area (Å²) in [5.41, 5.74) is 4.22. The van der Waals surface area contributed by atoms with Gasteiger partial charge in [-0.15, -0.1) is 0 Å². The van der Waals surface area contributed by atoms with E-state index in [0.717, 1.165) is 40.5 Å². The lowest BCUT2D eigenvalue weighted by atomic mass is 10.1. The number of amides is 1. The average Bonchev–Trinajstić information content (AvgIpc) is 3.14. The molecule has 29 heavy (non-hydrogen) atoms. The summed E-state index contributed by atoms with van der Waals surface area (Å²) in [6.07, 6.45) is 0.270. The van der Waals surface area contributed by atoms with Crippen molar-refractivity contribution in [2.24, 2.45) is 0 Å². The predicted octanol–water partition coefficient (Wildman–Crippen LogP) is 5.48. The summed E-state index contributed by atoms with van der Waals surface area (Å²) in [5.74, 6) is 0.0266. The third-order valence-electron chi connectivity index (χ3n) is 5.44. The Balaban J connectivity index is 1.93. The molecule has 1 heterocycles. The first-order chi connectivity index (χ1) is 13.9. The fourth-order valence-corrected chi connectivity index (χ4v) is 4.61. The molecule has 0 aliphatic carbocycles. The number of benzene rings is 2.